The second kappa shape index (κ2) is 8.01. The van der Waals surface area contributed by atoms with Crippen molar-refractivity contribution in [3.63, 3.8) is 0 Å². The molecule has 3 aliphatic rings. The summed E-state index contributed by atoms with van der Waals surface area (Å²) in [5.74, 6) is 0.414. The van der Waals surface area contributed by atoms with Gasteiger partial charge in [-0.3, -0.25) is 14.5 Å². The highest BCUT2D eigenvalue weighted by Gasteiger charge is 2.46. The molecule has 2 amide bonds. The van der Waals surface area contributed by atoms with Gasteiger partial charge in [0.2, 0.25) is 11.8 Å². The smallest absolute Gasteiger partial charge is 0.236 e. The molecule has 1 N–H and O–H groups in total. The summed E-state index contributed by atoms with van der Waals surface area (Å²) in [6.45, 7) is 4.16. The number of piperidine rings is 1. The minimum atomic E-state index is -0.0836. The van der Waals surface area contributed by atoms with Crippen LogP contribution in [0.3, 0.4) is 0 Å². The Morgan fingerprint density at radius 1 is 1.00 bits per heavy atom. The maximum absolute atomic E-state index is 12.6. The summed E-state index contributed by atoms with van der Waals surface area (Å²) in [7, 11) is 0. The van der Waals surface area contributed by atoms with Crippen LogP contribution in [0.15, 0.2) is 30.3 Å². The predicted molar refractivity (Wildman–Crippen MR) is 105 cm³/mol. The van der Waals surface area contributed by atoms with Crippen LogP contribution in [-0.4, -0.2) is 59.9 Å². The van der Waals surface area contributed by atoms with E-state index in [9.17, 15) is 9.59 Å². The van der Waals surface area contributed by atoms with E-state index in [1.165, 1.54) is 12.8 Å². The fraction of sp³-hybridized carbons (Fsp3) is 0.636. The molecule has 0 radical (unpaired) electrons. The van der Waals surface area contributed by atoms with Crippen LogP contribution < -0.4 is 5.32 Å². The third kappa shape index (κ3) is 4.18. The molecule has 1 atom stereocenters. The van der Waals surface area contributed by atoms with Gasteiger partial charge in [-0.1, -0.05) is 43.2 Å². The van der Waals surface area contributed by atoms with Crippen molar-refractivity contribution in [2.24, 2.45) is 0 Å². The first-order valence-electron chi connectivity index (χ1n) is 10.5. The first kappa shape index (κ1) is 18.5. The van der Waals surface area contributed by atoms with E-state index < -0.39 is 0 Å². The van der Waals surface area contributed by atoms with Crippen molar-refractivity contribution in [3.05, 3.63) is 35.9 Å². The molecular weight excluding hydrogens is 338 g/mol. The molecule has 1 spiro atoms. The first-order chi connectivity index (χ1) is 13.2. The normalized spacial score (nSPS) is 26.0. The van der Waals surface area contributed by atoms with E-state index in [4.69, 9.17) is 0 Å². The minimum absolute atomic E-state index is 0.0310. The van der Waals surface area contributed by atoms with Crippen LogP contribution in [0.5, 0.6) is 0 Å². The van der Waals surface area contributed by atoms with Crippen LogP contribution in [0, 0.1) is 0 Å². The lowest BCUT2D eigenvalue weighted by molar-refractivity contribution is -0.133. The summed E-state index contributed by atoms with van der Waals surface area (Å²) in [4.78, 5) is 29.5. The number of carbonyl (C=O) groups is 2. The predicted octanol–water partition coefficient (Wildman–Crippen LogP) is 2.53. The molecule has 0 aliphatic carbocycles. The second-order valence-electron chi connectivity index (χ2n) is 8.51. The Morgan fingerprint density at radius 2 is 1.67 bits per heavy atom. The van der Waals surface area contributed by atoms with Crippen LogP contribution >= 0.6 is 0 Å². The second-order valence-corrected chi connectivity index (χ2v) is 8.51. The zero-order valence-electron chi connectivity index (χ0n) is 16.2. The number of likely N-dealkylation sites (tertiary alicyclic amines) is 2. The van der Waals surface area contributed by atoms with Gasteiger partial charge >= 0.3 is 0 Å². The molecule has 4 rings (SSSR count). The Bertz CT molecular complexity index is 659. The first-order valence-corrected chi connectivity index (χ1v) is 10.5. The highest BCUT2D eigenvalue weighted by molar-refractivity contribution is 5.87. The fourth-order valence-corrected chi connectivity index (χ4v) is 4.92. The molecule has 3 fully saturated rings. The molecule has 3 saturated heterocycles. The number of rotatable bonds is 3. The lowest BCUT2D eigenvalue weighted by atomic mass is 9.82. The van der Waals surface area contributed by atoms with Gasteiger partial charge in [-0.05, 0) is 37.7 Å². The highest BCUT2D eigenvalue weighted by Crippen LogP contribution is 2.39. The maximum atomic E-state index is 12.6. The zero-order chi connectivity index (χ0) is 18.7. The van der Waals surface area contributed by atoms with Crippen LogP contribution in [-0.2, 0) is 9.59 Å². The summed E-state index contributed by atoms with van der Waals surface area (Å²) in [6, 6.07) is 10.1. The van der Waals surface area contributed by atoms with Crippen LogP contribution in [0.1, 0.15) is 56.4 Å². The molecule has 1 aromatic carbocycles. The Kier molecular flexibility index (Phi) is 5.48. The maximum Gasteiger partial charge on any atom is 0.236 e. The van der Waals surface area contributed by atoms with Crippen molar-refractivity contribution in [1.82, 2.24) is 15.1 Å². The number of carbonyl (C=O) groups excluding carboxylic acids is 2. The summed E-state index contributed by atoms with van der Waals surface area (Å²) in [5.41, 5.74) is 1.03. The minimum Gasteiger partial charge on any atom is -0.350 e. The average Bonchev–Trinajstić information content (AvgIpc) is 2.87. The number of hydrogen-bond donors (Lipinski definition) is 1. The van der Waals surface area contributed by atoms with Gasteiger partial charge in [-0.25, -0.2) is 0 Å². The number of nitrogens with one attached hydrogen (secondary N) is 1. The molecule has 1 aromatic rings. The molecule has 3 aliphatic heterocycles. The Hall–Kier alpha value is -1.88. The van der Waals surface area contributed by atoms with E-state index in [-0.39, 0.29) is 23.3 Å². The van der Waals surface area contributed by atoms with Crippen LogP contribution in [0.25, 0.3) is 0 Å². The molecule has 5 nitrogen and oxygen atoms in total. The van der Waals surface area contributed by atoms with Crippen molar-refractivity contribution >= 4 is 11.8 Å². The van der Waals surface area contributed by atoms with Gasteiger partial charge < -0.3 is 10.2 Å². The average molecular weight is 370 g/mol. The van der Waals surface area contributed by atoms with E-state index in [2.05, 4.69) is 27.2 Å². The van der Waals surface area contributed by atoms with E-state index in [1.54, 1.807) is 0 Å². The molecule has 0 saturated carbocycles. The quantitative estimate of drug-likeness (QED) is 0.891. The standard InChI is InChI=1S/C22H31N3O2/c26-20(25-12-6-1-2-7-13-25)17-24-14-10-22(11-15-24)16-19(21(27)23-22)18-8-4-3-5-9-18/h3-5,8-9,19H,1-2,6-7,10-17H2,(H,23,27). The van der Waals surface area contributed by atoms with E-state index in [1.807, 2.05) is 18.2 Å². The lowest BCUT2D eigenvalue weighted by Gasteiger charge is -2.39. The molecule has 0 bridgehead atoms. The molecule has 0 aromatic heterocycles. The zero-order valence-corrected chi connectivity index (χ0v) is 16.2. The number of nitrogens with zero attached hydrogens (tertiary/aromatic N) is 2. The van der Waals surface area contributed by atoms with Gasteiger partial charge in [0.25, 0.3) is 0 Å². The van der Waals surface area contributed by atoms with Gasteiger partial charge in [-0.15, -0.1) is 0 Å². The Morgan fingerprint density at radius 3 is 2.33 bits per heavy atom. The van der Waals surface area contributed by atoms with Gasteiger partial charge in [0.05, 0.1) is 12.5 Å². The number of benzene rings is 1. The SMILES string of the molecule is O=C1NC2(CCN(CC(=O)N3CCCCCC3)CC2)CC1c1ccccc1. The molecule has 5 heteroatoms. The van der Waals surface area contributed by atoms with Gasteiger partial charge in [0.15, 0.2) is 0 Å². The Labute approximate surface area is 162 Å². The number of hydrogen-bond acceptors (Lipinski definition) is 3. The van der Waals surface area contributed by atoms with Crippen molar-refractivity contribution in [1.29, 1.82) is 0 Å². The van der Waals surface area contributed by atoms with E-state index in [0.717, 1.165) is 63.8 Å². The molecule has 3 heterocycles. The summed E-state index contributed by atoms with van der Waals surface area (Å²) >= 11 is 0. The van der Waals surface area contributed by atoms with Gasteiger partial charge in [0.1, 0.15) is 0 Å². The Balaban J connectivity index is 1.31. The van der Waals surface area contributed by atoms with Crippen molar-refractivity contribution in [2.75, 3.05) is 32.7 Å². The van der Waals surface area contributed by atoms with Gasteiger partial charge in [0, 0.05) is 31.7 Å². The third-order valence-corrected chi connectivity index (χ3v) is 6.63. The van der Waals surface area contributed by atoms with E-state index in [0.29, 0.717) is 6.54 Å². The van der Waals surface area contributed by atoms with E-state index >= 15 is 0 Å². The monoisotopic (exact) mass is 369 g/mol. The molecular formula is C22H31N3O2. The fourth-order valence-electron chi connectivity index (χ4n) is 4.92. The van der Waals surface area contributed by atoms with Gasteiger partial charge in [-0.2, -0.15) is 0 Å². The molecule has 1 unspecified atom stereocenters. The number of amides is 2. The summed E-state index contributed by atoms with van der Waals surface area (Å²) < 4.78 is 0. The van der Waals surface area contributed by atoms with Crippen LogP contribution in [0.4, 0.5) is 0 Å². The molecule has 27 heavy (non-hydrogen) atoms. The highest BCUT2D eigenvalue weighted by atomic mass is 16.2. The topological polar surface area (TPSA) is 52.7 Å². The largest absolute Gasteiger partial charge is 0.350 e. The van der Waals surface area contributed by atoms with Crippen molar-refractivity contribution in [2.45, 2.75) is 56.4 Å². The lowest BCUT2D eigenvalue weighted by Crippen LogP contribution is -2.52. The van der Waals surface area contributed by atoms with Crippen molar-refractivity contribution < 1.29 is 9.59 Å². The summed E-state index contributed by atoms with van der Waals surface area (Å²) in [5, 5.41) is 3.30. The molecule has 146 valence electrons. The van der Waals surface area contributed by atoms with Crippen LogP contribution in [0.2, 0.25) is 0 Å². The summed E-state index contributed by atoms with van der Waals surface area (Å²) in [6.07, 6.45) is 7.54. The van der Waals surface area contributed by atoms with Crippen molar-refractivity contribution in [3.8, 4) is 0 Å². The third-order valence-electron chi connectivity index (χ3n) is 6.63.